The Bertz CT molecular complexity index is 1200. The maximum atomic E-state index is 12.7. The van der Waals surface area contributed by atoms with E-state index >= 15 is 0 Å². The van der Waals surface area contributed by atoms with E-state index in [1.165, 1.54) is 0 Å². The number of carbonyl (C=O) groups excluding carboxylic acids is 2. The number of nitrogens with zero attached hydrogens (tertiary/aromatic N) is 2. The summed E-state index contributed by atoms with van der Waals surface area (Å²) in [6, 6.07) is 12.0. The summed E-state index contributed by atoms with van der Waals surface area (Å²) in [6.45, 7) is 2.99. The lowest BCUT2D eigenvalue weighted by molar-refractivity contribution is -0.137. The first-order chi connectivity index (χ1) is 16.6. The fourth-order valence-corrected chi connectivity index (χ4v) is 5.40. The highest BCUT2D eigenvalue weighted by atomic mass is 79.9. The van der Waals surface area contributed by atoms with Gasteiger partial charge < -0.3 is 10.2 Å². The molecule has 1 N–H and O–H groups in total. The number of aromatic nitrogens is 1. The van der Waals surface area contributed by atoms with Gasteiger partial charge in [-0.1, -0.05) is 28.1 Å². The number of thiazole rings is 1. The van der Waals surface area contributed by atoms with Crippen LogP contribution >= 0.6 is 27.3 Å². The van der Waals surface area contributed by atoms with Gasteiger partial charge in [0.05, 0.1) is 22.8 Å². The van der Waals surface area contributed by atoms with E-state index in [0.29, 0.717) is 13.1 Å². The van der Waals surface area contributed by atoms with Crippen molar-refractivity contribution in [2.45, 2.75) is 31.9 Å². The van der Waals surface area contributed by atoms with Gasteiger partial charge in [-0.15, -0.1) is 11.3 Å². The maximum Gasteiger partial charge on any atom is 0.416 e. The van der Waals surface area contributed by atoms with E-state index < -0.39 is 17.6 Å². The zero-order valence-electron chi connectivity index (χ0n) is 18.9. The molecular formula is C25H23BrF3N3O2S. The van der Waals surface area contributed by atoms with Crippen molar-refractivity contribution in [3.8, 4) is 11.3 Å². The number of likely N-dealkylation sites (tertiary alicyclic amines) is 1. The van der Waals surface area contributed by atoms with Crippen LogP contribution in [0.4, 0.5) is 13.2 Å². The van der Waals surface area contributed by atoms with Crippen molar-refractivity contribution < 1.29 is 22.8 Å². The highest BCUT2D eigenvalue weighted by Gasteiger charge is 2.30. The summed E-state index contributed by atoms with van der Waals surface area (Å²) in [5.74, 6) is -0.524. The van der Waals surface area contributed by atoms with Gasteiger partial charge in [0.1, 0.15) is 0 Å². The summed E-state index contributed by atoms with van der Waals surface area (Å²) < 4.78 is 39.0. The normalized spacial score (nSPS) is 14.7. The predicted octanol–water partition coefficient (Wildman–Crippen LogP) is 6.04. The first-order valence-corrected chi connectivity index (χ1v) is 12.7. The molecule has 4 rings (SSSR count). The molecule has 1 aliphatic rings. The topological polar surface area (TPSA) is 62.3 Å². The first-order valence-electron chi connectivity index (χ1n) is 11.1. The number of aryl methyl sites for hydroxylation is 1. The van der Waals surface area contributed by atoms with Crippen molar-refractivity contribution in [3.05, 3.63) is 74.0 Å². The highest BCUT2D eigenvalue weighted by molar-refractivity contribution is 9.10. The lowest BCUT2D eigenvalue weighted by Gasteiger charge is -2.31. The maximum absolute atomic E-state index is 12.7. The Labute approximate surface area is 213 Å². The summed E-state index contributed by atoms with van der Waals surface area (Å²) in [7, 11) is 0. The monoisotopic (exact) mass is 565 g/mol. The SMILES string of the molecule is Cc1sc(C2CCN(C(=O)CNC(=O)c3ccc(C(F)(F)F)cc3)CC2)nc1-c1ccc(Br)cc1. The summed E-state index contributed by atoms with van der Waals surface area (Å²) in [5.41, 5.74) is 1.31. The zero-order chi connectivity index (χ0) is 25.2. The van der Waals surface area contributed by atoms with Crippen LogP contribution in [0.15, 0.2) is 53.0 Å². The van der Waals surface area contributed by atoms with Gasteiger partial charge in [-0.3, -0.25) is 9.59 Å². The van der Waals surface area contributed by atoms with Gasteiger partial charge in [0.2, 0.25) is 5.91 Å². The molecule has 1 aliphatic heterocycles. The van der Waals surface area contributed by atoms with Gasteiger partial charge in [-0.25, -0.2) is 4.98 Å². The molecule has 0 aliphatic carbocycles. The smallest absolute Gasteiger partial charge is 0.343 e. The number of halogens is 4. The van der Waals surface area contributed by atoms with Crippen LogP contribution in [0.25, 0.3) is 11.3 Å². The van der Waals surface area contributed by atoms with E-state index in [1.54, 1.807) is 16.2 Å². The minimum Gasteiger partial charge on any atom is -0.343 e. The van der Waals surface area contributed by atoms with E-state index in [2.05, 4.69) is 28.2 Å². The molecule has 0 bridgehead atoms. The Morgan fingerprint density at radius 2 is 1.71 bits per heavy atom. The van der Waals surface area contributed by atoms with Crippen molar-refractivity contribution in [1.82, 2.24) is 15.2 Å². The molecule has 1 aromatic heterocycles. The second-order valence-corrected chi connectivity index (χ2v) is 10.5. The number of hydrogen-bond donors (Lipinski definition) is 1. The summed E-state index contributed by atoms with van der Waals surface area (Å²) in [4.78, 5) is 32.6. The summed E-state index contributed by atoms with van der Waals surface area (Å²) in [6.07, 6.45) is -2.90. The second-order valence-electron chi connectivity index (χ2n) is 8.38. The van der Waals surface area contributed by atoms with Crippen LogP contribution in [0, 0.1) is 6.92 Å². The van der Waals surface area contributed by atoms with Crippen molar-refractivity contribution in [2.75, 3.05) is 19.6 Å². The van der Waals surface area contributed by atoms with Gasteiger partial charge in [0, 0.05) is 39.5 Å². The largest absolute Gasteiger partial charge is 0.416 e. The average Bonchev–Trinajstić information content (AvgIpc) is 3.24. The van der Waals surface area contributed by atoms with Crippen molar-refractivity contribution in [3.63, 3.8) is 0 Å². The van der Waals surface area contributed by atoms with E-state index in [4.69, 9.17) is 4.98 Å². The first kappa shape index (κ1) is 25.4. The third-order valence-electron chi connectivity index (χ3n) is 6.00. The van der Waals surface area contributed by atoms with Crippen LogP contribution in [-0.4, -0.2) is 41.3 Å². The number of nitrogens with one attached hydrogen (secondary N) is 1. The zero-order valence-corrected chi connectivity index (χ0v) is 21.3. The van der Waals surface area contributed by atoms with Crippen LogP contribution in [0.3, 0.4) is 0 Å². The highest BCUT2D eigenvalue weighted by Crippen LogP contribution is 2.36. The van der Waals surface area contributed by atoms with Gasteiger partial charge in [-0.2, -0.15) is 13.2 Å². The summed E-state index contributed by atoms with van der Waals surface area (Å²) >= 11 is 5.14. The van der Waals surface area contributed by atoms with Crippen LogP contribution in [0.1, 0.15) is 44.6 Å². The van der Waals surface area contributed by atoms with Gasteiger partial charge >= 0.3 is 6.18 Å². The number of alkyl halides is 3. The number of benzene rings is 2. The Balaban J connectivity index is 1.29. The molecule has 35 heavy (non-hydrogen) atoms. The lowest BCUT2D eigenvalue weighted by atomic mass is 9.97. The van der Waals surface area contributed by atoms with Crippen LogP contribution in [-0.2, 0) is 11.0 Å². The third-order valence-corrected chi connectivity index (χ3v) is 7.66. The molecule has 5 nitrogen and oxygen atoms in total. The molecule has 1 fully saturated rings. The number of rotatable bonds is 5. The molecule has 0 unspecified atom stereocenters. The van der Waals surface area contributed by atoms with E-state index in [1.807, 2.05) is 24.3 Å². The third kappa shape index (κ3) is 6.10. The predicted molar refractivity (Wildman–Crippen MR) is 132 cm³/mol. The standard InChI is InChI=1S/C25H23BrF3N3O2S/c1-15-22(16-4-8-20(26)9-5-16)31-24(35-15)18-10-12-32(13-11-18)21(33)14-30-23(34)17-2-6-19(7-3-17)25(27,28)29/h2-9,18H,10-14H2,1H3,(H,30,34). The molecule has 184 valence electrons. The minimum atomic E-state index is -4.46. The second kappa shape index (κ2) is 10.5. The fraction of sp³-hybridized carbons (Fsp3) is 0.320. The molecule has 2 aromatic carbocycles. The van der Waals surface area contributed by atoms with Gasteiger partial charge in [0.25, 0.3) is 5.91 Å². The molecule has 0 saturated carbocycles. The molecular weight excluding hydrogens is 543 g/mol. The Hall–Kier alpha value is -2.72. The average molecular weight is 566 g/mol. The van der Waals surface area contributed by atoms with Crippen LogP contribution in [0.5, 0.6) is 0 Å². The Kier molecular flexibility index (Phi) is 7.61. The molecule has 1 saturated heterocycles. The molecule has 0 radical (unpaired) electrons. The number of piperidine rings is 1. The van der Waals surface area contributed by atoms with Crippen LogP contribution < -0.4 is 5.32 Å². The molecule has 2 amide bonds. The Morgan fingerprint density at radius 1 is 1.09 bits per heavy atom. The van der Waals surface area contributed by atoms with Gasteiger partial charge in [-0.05, 0) is 56.2 Å². The number of amides is 2. The number of hydrogen-bond acceptors (Lipinski definition) is 4. The molecule has 2 heterocycles. The van der Waals surface area contributed by atoms with Crippen molar-refractivity contribution >= 4 is 39.1 Å². The minimum absolute atomic E-state index is 0.0743. The van der Waals surface area contributed by atoms with Gasteiger partial charge in [0.15, 0.2) is 0 Å². The lowest BCUT2D eigenvalue weighted by Crippen LogP contribution is -2.43. The molecule has 3 aromatic rings. The van der Waals surface area contributed by atoms with E-state index in [0.717, 1.165) is 62.7 Å². The quantitative estimate of drug-likeness (QED) is 0.410. The van der Waals surface area contributed by atoms with Crippen LogP contribution in [0.2, 0.25) is 0 Å². The fourth-order valence-electron chi connectivity index (χ4n) is 4.02. The molecule has 0 atom stereocenters. The molecule has 0 spiro atoms. The molecule has 10 heteroatoms. The van der Waals surface area contributed by atoms with E-state index in [-0.39, 0.29) is 23.9 Å². The van der Waals surface area contributed by atoms with E-state index in [9.17, 15) is 22.8 Å². The Morgan fingerprint density at radius 3 is 2.31 bits per heavy atom. The summed E-state index contributed by atoms with van der Waals surface area (Å²) in [5, 5.41) is 3.58. The number of carbonyl (C=O) groups is 2. The van der Waals surface area contributed by atoms with Crippen molar-refractivity contribution in [2.24, 2.45) is 0 Å². The van der Waals surface area contributed by atoms with Crippen molar-refractivity contribution in [1.29, 1.82) is 0 Å².